The van der Waals surface area contributed by atoms with Crippen LogP contribution in [-0.2, 0) is 11.3 Å². The van der Waals surface area contributed by atoms with E-state index < -0.39 is 12.1 Å². The number of hydrogen-bond donors (Lipinski definition) is 4. The van der Waals surface area contributed by atoms with E-state index in [0.29, 0.717) is 0 Å². The number of hydrogen-bond acceptors (Lipinski definition) is 4. The molecule has 0 fully saturated rings. The summed E-state index contributed by atoms with van der Waals surface area (Å²) in [6.07, 6.45) is 0.126. The van der Waals surface area contributed by atoms with Crippen molar-refractivity contribution in [3.05, 3.63) is 52.2 Å². The average Bonchev–Trinajstić information content (AvgIpc) is 3.06. The van der Waals surface area contributed by atoms with Crippen LogP contribution in [0.15, 0.2) is 41.8 Å². The molecule has 0 saturated heterocycles. The van der Waals surface area contributed by atoms with Crippen LogP contribution >= 0.6 is 11.3 Å². The third-order valence-electron chi connectivity index (χ3n) is 3.38. The van der Waals surface area contributed by atoms with E-state index in [1.807, 2.05) is 48.7 Å². The number of urea groups is 1. The molecular formula is C17H22N4O2S. The van der Waals surface area contributed by atoms with Gasteiger partial charge in [-0.05, 0) is 35.7 Å². The van der Waals surface area contributed by atoms with Gasteiger partial charge in [0, 0.05) is 17.1 Å². The fraction of sp³-hybridized carbons (Fsp3) is 0.294. The van der Waals surface area contributed by atoms with Gasteiger partial charge in [-0.1, -0.05) is 25.1 Å². The summed E-state index contributed by atoms with van der Waals surface area (Å²) in [7, 11) is 0. The largest absolute Gasteiger partial charge is 0.352 e. The maximum Gasteiger partial charge on any atom is 0.312 e. The minimum atomic E-state index is -0.645. The molecule has 0 aliphatic heterocycles. The van der Waals surface area contributed by atoms with Crippen molar-refractivity contribution in [1.82, 2.24) is 10.6 Å². The summed E-state index contributed by atoms with van der Waals surface area (Å²) in [4.78, 5) is 24.4. The third kappa shape index (κ3) is 5.68. The third-order valence-corrected chi connectivity index (χ3v) is 4.37. The maximum absolute atomic E-state index is 12.3. The maximum atomic E-state index is 12.3. The van der Waals surface area contributed by atoms with Gasteiger partial charge in [0.25, 0.3) is 0 Å². The van der Waals surface area contributed by atoms with Crippen LogP contribution < -0.4 is 21.7 Å². The predicted molar refractivity (Wildman–Crippen MR) is 96.8 cm³/mol. The Kier molecular flexibility index (Phi) is 6.77. The summed E-state index contributed by atoms with van der Waals surface area (Å²) in [5, 5.41) is 10.6. The average molecular weight is 346 g/mol. The Labute approximate surface area is 145 Å². The molecule has 3 amide bonds. The van der Waals surface area contributed by atoms with E-state index in [1.165, 1.54) is 11.3 Å². The Bertz CT molecular complexity index is 673. The van der Waals surface area contributed by atoms with Crippen molar-refractivity contribution >= 4 is 29.0 Å². The van der Waals surface area contributed by atoms with Crippen LogP contribution in [0.1, 0.15) is 29.8 Å². The van der Waals surface area contributed by atoms with Crippen LogP contribution in [0, 0.1) is 0 Å². The molecule has 0 radical (unpaired) electrons. The van der Waals surface area contributed by atoms with Crippen molar-refractivity contribution in [2.45, 2.75) is 25.9 Å². The zero-order chi connectivity index (χ0) is 17.4. The first kappa shape index (κ1) is 18.0. The first-order valence-corrected chi connectivity index (χ1v) is 8.65. The fourth-order valence-electron chi connectivity index (χ4n) is 2.31. The second-order valence-corrected chi connectivity index (χ2v) is 6.29. The van der Waals surface area contributed by atoms with Crippen LogP contribution in [0.3, 0.4) is 0 Å². The van der Waals surface area contributed by atoms with E-state index in [4.69, 9.17) is 5.73 Å². The SMILES string of the molecule is CCNCc1cccc(NC(=O)CC(NC(N)=O)c2cccs2)c1. The Morgan fingerprint density at radius 3 is 2.75 bits per heavy atom. The van der Waals surface area contributed by atoms with Gasteiger partial charge in [0.1, 0.15) is 0 Å². The number of nitrogens with one attached hydrogen (secondary N) is 3. The smallest absolute Gasteiger partial charge is 0.312 e. The summed E-state index contributed by atoms with van der Waals surface area (Å²) in [6, 6.07) is 10.4. The highest BCUT2D eigenvalue weighted by molar-refractivity contribution is 7.10. The van der Waals surface area contributed by atoms with Gasteiger partial charge in [-0.25, -0.2) is 4.79 Å². The molecule has 0 bridgehead atoms. The molecule has 1 atom stereocenters. The van der Waals surface area contributed by atoms with Gasteiger partial charge < -0.3 is 21.7 Å². The van der Waals surface area contributed by atoms with Crippen molar-refractivity contribution in [3.63, 3.8) is 0 Å². The van der Waals surface area contributed by atoms with Crippen LogP contribution in [-0.4, -0.2) is 18.5 Å². The second-order valence-electron chi connectivity index (χ2n) is 5.31. The Morgan fingerprint density at radius 2 is 2.08 bits per heavy atom. The van der Waals surface area contributed by atoms with Gasteiger partial charge in [-0.3, -0.25) is 4.79 Å². The highest BCUT2D eigenvalue weighted by Crippen LogP contribution is 2.22. The molecule has 2 aromatic rings. The molecule has 6 nitrogen and oxygen atoms in total. The molecule has 7 heteroatoms. The summed E-state index contributed by atoms with van der Waals surface area (Å²) in [6.45, 7) is 3.68. The molecule has 2 rings (SSSR count). The standard InChI is InChI=1S/C17H22N4O2S/c1-2-19-11-12-5-3-6-13(9-12)20-16(22)10-14(21-17(18)23)15-7-4-8-24-15/h3-9,14,19H,2,10-11H2,1H3,(H,20,22)(H3,18,21,23). The molecule has 0 saturated carbocycles. The van der Waals surface area contributed by atoms with Gasteiger partial charge in [0.05, 0.1) is 12.5 Å². The van der Waals surface area contributed by atoms with Crippen molar-refractivity contribution in [2.75, 3.05) is 11.9 Å². The highest BCUT2D eigenvalue weighted by Gasteiger charge is 2.18. The lowest BCUT2D eigenvalue weighted by Gasteiger charge is -2.16. The Morgan fingerprint density at radius 1 is 1.25 bits per heavy atom. The van der Waals surface area contributed by atoms with E-state index in [0.717, 1.165) is 29.2 Å². The van der Waals surface area contributed by atoms with E-state index in [-0.39, 0.29) is 12.3 Å². The molecule has 24 heavy (non-hydrogen) atoms. The topological polar surface area (TPSA) is 96.2 Å². The highest BCUT2D eigenvalue weighted by atomic mass is 32.1. The first-order chi connectivity index (χ1) is 11.6. The number of carbonyl (C=O) groups excluding carboxylic acids is 2. The Balaban J connectivity index is 1.99. The minimum absolute atomic E-state index is 0.126. The van der Waals surface area contributed by atoms with Crippen molar-refractivity contribution < 1.29 is 9.59 Å². The van der Waals surface area contributed by atoms with E-state index >= 15 is 0 Å². The van der Waals surface area contributed by atoms with Crippen LogP contribution in [0.5, 0.6) is 0 Å². The molecule has 1 heterocycles. The zero-order valence-electron chi connectivity index (χ0n) is 13.5. The summed E-state index contributed by atoms with van der Waals surface area (Å²) in [5.41, 5.74) is 7.04. The molecule has 0 aliphatic carbocycles. The zero-order valence-corrected chi connectivity index (χ0v) is 14.4. The van der Waals surface area contributed by atoms with Crippen molar-refractivity contribution in [3.8, 4) is 0 Å². The normalized spacial score (nSPS) is 11.7. The number of carbonyl (C=O) groups is 2. The number of rotatable bonds is 8. The predicted octanol–water partition coefficient (Wildman–Crippen LogP) is 2.60. The fourth-order valence-corrected chi connectivity index (χ4v) is 3.09. The van der Waals surface area contributed by atoms with E-state index in [2.05, 4.69) is 16.0 Å². The Hall–Kier alpha value is -2.38. The van der Waals surface area contributed by atoms with Crippen LogP contribution in [0.25, 0.3) is 0 Å². The number of thiophene rings is 1. The van der Waals surface area contributed by atoms with Gasteiger partial charge in [0.15, 0.2) is 0 Å². The molecular weight excluding hydrogens is 324 g/mol. The second kappa shape index (κ2) is 9.05. The number of nitrogens with two attached hydrogens (primary N) is 1. The van der Waals surface area contributed by atoms with Crippen LogP contribution in [0.2, 0.25) is 0 Å². The monoisotopic (exact) mass is 346 g/mol. The molecule has 1 unspecified atom stereocenters. The summed E-state index contributed by atoms with van der Waals surface area (Å²) >= 11 is 1.47. The number of anilines is 1. The lowest BCUT2D eigenvalue weighted by molar-refractivity contribution is -0.116. The molecule has 0 aliphatic rings. The van der Waals surface area contributed by atoms with Gasteiger partial charge in [-0.15, -0.1) is 11.3 Å². The summed E-state index contributed by atoms with van der Waals surface area (Å²) < 4.78 is 0. The van der Waals surface area contributed by atoms with Crippen molar-refractivity contribution in [1.29, 1.82) is 0 Å². The quantitative estimate of drug-likeness (QED) is 0.591. The lowest BCUT2D eigenvalue weighted by Crippen LogP contribution is -2.34. The van der Waals surface area contributed by atoms with E-state index in [1.54, 1.807) is 0 Å². The van der Waals surface area contributed by atoms with Crippen LogP contribution in [0.4, 0.5) is 10.5 Å². The molecule has 1 aromatic carbocycles. The summed E-state index contributed by atoms with van der Waals surface area (Å²) in [5.74, 6) is -0.178. The first-order valence-electron chi connectivity index (χ1n) is 7.77. The molecule has 1 aromatic heterocycles. The van der Waals surface area contributed by atoms with Crippen molar-refractivity contribution in [2.24, 2.45) is 5.73 Å². The van der Waals surface area contributed by atoms with Gasteiger partial charge >= 0.3 is 6.03 Å². The van der Waals surface area contributed by atoms with Gasteiger partial charge in [0.2, 0.25) is 5.91 Å². The molecule has 0 spiro atoms. The van der Waals surface area contributed by atoms with E-state index in [9.17, 15) is 9.59 Å². The minimum Gasteiger partial charge on any atom is -0.352 e. The lowest BCUT2D eigenvalue weighted by atomic mass is 10.1. The number of primary amides is 1. The molecule has 5 N–H and O–H groups in total. The van der Waals surface area contributed by atoms with Gasteiger partial charge in [-0.2, -0.15) is 0 Å². The number of benzene rings is 1. The number of amides is 3. The molecule has 128 valence electrons.